The molecule has 0 aliphatic heterocycles. The summed E-state index contributed by atoms with van der Waals surface area (Å²) >= 11 is 0. The highest BCUT2D eigenvalue weighted by Crippen LogP contribution is 2.10. The molecule has 6 heteroatoms. The van der Waals surface area contributed by atoms with Crippen LogP contribution in [0, 0.1) is 6.92 Å². The van der Waals surface area contributed by atoms with Gasteiger partial charge in [-0.05, 0) is 26.0 Å². The minimum atomic E-state index is -0.194. The molecule has 22 heavy (non-hydrogen) atoms. The van der Waals surface area contributed by atoms with Crippen LogP contribution in [-0.2, 0) is 6.54 Å². The van der Waals surface area contributed by atoms with Crippen molar-refractivity contribution in [3.63, 3.8) is 0 Å². The van der Waals surface area contributed by atoms with Crippen LogP contribution < -0.4 is 15.4 Å². The number of benzene rings is 1. The molecule has 0 aliphatic carbocycles. The number of rotatable bonds is 7. The second-order valence-corrected chi connectivity index (χ2v) is 5.22. The lowest BCUT2D eigenvalue weighted by atomic mass is 10.2. The molecule has 0 spiro atoms. The number of nitrogens with zero attached hydrogens (tertiary/aromatic N) is 2. The Morgan fingerprint density at radius 3 is 2.82 bits per heavy atom. The first-order valence-electron chi connectivity index (χ1n) is 7.33. The van der Waals surface area contributed by atoms with Gasteiger partial charge >= 0.3 is 6.03 Å². The normalized spacial score (nSPS) is 11.7. The first kappa shape index (κ1) is 15.9. The maximum atomic E-state index is 11.7. The third kappa shape index (κ3) is 5.47. The highest BCUT2D eigenvalue weighted by atomic mass is 16.5. The van der Waals surface area contributed by atoms with Gasteiger partial charge in [-0.25, -0.2) is 9.78 Å². The Labute approximate surface area is 130 Å². The zero-order chi connectivity index (χ0) is 15.8. The number of carbonyl (C=O) groups excluding carboxylic acids is 1. The molecule has 6 nitrogen and oxygen atoms in total. The minimum absolute atomic E-state index is 0.0206. The van der Waals surface area contributed by atoms with Crippen molar-refractivity contribution in [2.24, 2.45) is 0 Å². The largest absolute Gasteiger partial charge is 0.492 e. The molecule has 2 aromatic rings. The van der Waals surface area contributed by atoms with Crippen LogP contribution in [0.3, 0.4) is 0 Å². The summed E-state index contributed by atoms with van der Waals surface area (Å²) in [5.41, 5.74) is 1.19. The highest BCUT2D eigenvalue weighted by Gasteiger charge is 2.07. The number of amides is 2. The molecular formula is C16H22N4O2. The maximum Gasteiger partial charge on any atom is 0.315 e. The first-order chi connectivity index (χ1) is 10.6. The van der Waals surface area contributed by atoms with E-state index in [4.69, 9.17) is 4.74 Å². The van der Waals surface area contributed by atoms with Crippen LogP contribution in [0.15, 0.2) is 43.0 Å². The van der Waals surface area contributed by atoms with Gasteiger partial charge in [-0.2, -0.15) is 0 Å². The smallest absolute Gasteiger partial charge is 0.315 e. The van der Waals surface area contributed by atoms with E-state index in [1.54, 1.807) is 12.5 Å². The van der Waals surface area contributed by atoms with Gasteiger partial charge < -0.3 is 19.9 Å². The predicted octanol–water partition coefficient (Wildman–Crippen LogP) is 1.96. The van der Waals surface area contributed by atoms with Crippen LogP contribution >= 0.6 is 0 Å². The molecule has 0 radical (unpaired) electrons. The summed E-state index contributed by atoms with van der Waals surface area (Å²) in [4.78, 5) is 15.7. The van der Waals surface area contributed by atoms with E-state index in [2.05, 4.69) is 15.6 Å². The van der Waals surface area contributed by atoms with Gasteiger partial charge in [0.25, 0.3) is 0 Å². The van der Waals surface area contributed by atoms with E-state index in [0.717, 1.165) is 5.75 Å². The van der Waals surface area contributed by atoms with Crippen molar-refractivity contribution < 1.29 is 9.53 Å². The fourth-order valence-corrected chi connectivity index (χ4v) is 2.00. The Balaban J connectivity index is 1.60. The molecule has 0 bridgehead atoms. The monoisotopic (exact) mass is 302 g/mol. The highest BCUT2D eigenvalue weighted by molar-refractivity contribution is 5.74. The SMILES string of the molecule is Cc1ccc(OCCNC(=O)N[C@@H](C)Cn2ccnc2)cc1. The molecule has 0 fully saturated rings. The molecule has 0 saturated heterocycles. The summed E-state index contributed by atoms with van der Waals surface area (Å²) in [5, 5.41) is 5.64. The van der Waals surface area contributed by atoms with E-state index in [0.29, 0.717) is 19.7 Å². The van der Waals surface area contributed by atoms with Crippen molar-refractivity contribution in [1.29, 1.82) is 0 Å². The first-order valence-corrected chi connectivity index (χ1v) is 7.33. The van der Waals surface area contributed by atoms with E-state index >= 15 is 0 Å². The molecule has 0 aliphatic rings. The van der Waals surface area contributed by atoms with Crippen molar-refractivity contribution >= 4 is 6.03 Å². The second kappa shape index (κ2) is 8.07. The number of ether oxygens (including phenoxy) is 1. The molecule has 1 aromatic heterocycles. The van der Waals surface area contributed by atoms with Crippen LogP contribution in [0.5, 0.6) is 5.75 Å². The number of hydrogen-bond donors (Lipinski definition) is 2. The number of aromatic nitrogens is 2. The molecule has 0 saturated carbocycles. The Hall–Kier alpha value is -2.50. The summed E-state index contributed by atoms with van der Waals surface area (Å²) in [6.07, 6.45) is 5.31. The number of urea groups is 1. The lowest BCUT2D eigenvalue weighted by Crippen LogP contribution is -2.43. The van der Waals surface area contributed by atoms with Crippen molar-refractivity contribution in [3.05, 3.63) is 48.5 Å². The van der Waals surface area contributed by atoms with Crippen LogP contribution in [0.25, 0.3) is 0 Å². The van der Waals surface area contributed by atoms with E-state index < -0.39 is 0 Å². The zero-order valence-electron chi connectivity index (χ0n) is 13.0. The summed E-state index contributed by atoms with van der Waals surface area (Å²) in [5.74, 6) is 0.807. The quantitative estimate of drug-likeness (QED) is 0.768. The van der Waals surface area contributed by atoms with Gasteiger partial charge in [0.1, 0.15) is 12.4 Å². The van der Waals surface area contributed by atoms with Gasteiger partial charge in [0.15, 0.2) is 0 Å². The van der Waals surface area contributed by atoms with Crippen LogP contribution in [0.1, 0.15) is 12.5 Å². The van der Waals surface area contributed by atoms with Crippen molar-refractivity contribution in [2.75, 3.05) is 13.2 Å². The van der Waals surface area contributed by atoms with Gasteiger partial charge in [0, 0.05) is 25.0 Å². The van der Waals surface area contributed by atoms with Gasteiger partial charge in [0.2, 0.25) is 0 Å². The zero-order valence-corrected chi connectivity index (χ0v) is 13.0. The fraction of sp³-hybridized carbons (Fsp3) is 0.375. The Morgan fingerprint density at radius 2 is 2.14 bits per heavy atom. The topological polar surface area (TPSA) is 68.2 Å². The molecular weight excluding hydrogens is 280 g/mol. The standard InChI is InChI=1S/C16H22N4O2/c1-13-3-5-15(6-4-13)22-10-8-18-16(21)19-14(2)11-20-9-7-17-12-20/h3-7,9,12,14H,8,10-11H2,1-2H3,(H2,18,19,21)/t14-/m0/s1. The van der Waals surface area contributed by atoms with E-state index in [1.165, 1.54) is 5.56 Å². The van der Waals surface area contributed by atoms with Crippen LogP contribution in [0.2, 0.25) is 0 Å². The van der Waals surface area contributed by atoms with Crippen molar-refractivity contribution in [2.45, 2.75) is 26.4 Å². The average molecular weight is 302 g/mol. The fourth-order valence-electron chi connectivity index (χ4n) is 2.00. The van der Waals surface area contributed by atoms with E-state index in [1.807, 2.05) is 48.9 Å². The Kier molecular flexibility index (Phi) is 5.82. The van der Waals surface area contributed by atoms with Gasteiger partial charge in [-0.15, -0.1) is 0 Å². The Morgan fingerprint density at radius 1 is 1.36 bits per heavy atom. The second-order valence-electron chi connectivity index (χ2n) is 5.22. The van der Waals surface area contributed by atoms with Gasteiger partial charge in [-0.3, -0.25) is 0 Å². The summed E-state index contributed by atoms with van der Waals surface area (Å²) in [6.45, 7) is 5.56. The summed E-state index contributed by atoms with van der Waals surface area (Å²) in [6, 6.07) is 7.65. The number of hydrogen-bond acceptors (Lipinski definition) is 3. The predicted molar refractivity (Wildman–Crippen MR) is 84.9 cm³/mol. The number of aryl methyl sites for hydroxylation is 1. The molecule has 2 N–H and O–H groups in total. The molecule has 1 heterocycles. The third-order valence-electron chi connectivity index (χ3n) is 3.10. The summed E-state index contributed by atoms with van der Waals surface area (Å²) in [7, 11) is 0. The molecule has 1 atom stereocenters. The van der Waals surface area contributed by atoms with Gasteiger partial charge in [0.05, 0.1) is 12.9 Å². The molecule has 2 amide bonds. The van der Waals surface area contributed by atoms with Crippen molar-refractivity contribution in [1.82, 2.24) is 20.2 Å². The number of nitrogens with one attached hydrogen (secondary N) is 2. The Bertz CT molecular complexity index is 566. The number of imidazole rings is 1. The molecule has 2 rings (SSSR count). The lowest BCUT2D eigenvalue weighted by molar-refractivity contribution is 0.232. The maximum absolute atomic E-state index is 11.7. The number of carbonyl (C=O) groups is 1. The van der Waals surface area contributed by atoms with Crippen molar-refractivity contribution in [3.8, 4) is 5.75 Å². The van der Waals surface area contributed by atoms with Gasteiger partial charge in [-0.1, -0.05) is 17.7 Å². The third-order valence-corrected chi connectivity index (χ3v) is 3.10. The lowest BCUT2D eigenvalue weighted by Gasteiger charge is -2.15. The molecule has 118 valence electrons. The molecule has 0 unspecified atom stereocenters. The van der Waals surface area contributed by atoms with E-state index in [9.17, 15) is 4.79 Å². The molecule has 1 aromatic carbocycles. The van der Waals surface area contributed by atoms with E-state index in [-0.39, 0.29) is 12.1 Å². The minimum Gasteiger partial charge on any atom is -0.492 e. The summed E-state index contributed by atoms with van der Waals surface area (Å²) < 4.78 is 7.47. The van der Waals surface area contributed by atoms with Crippen LogP contribution in [0.4, 0.5) is 4.79 Å². The van der Waals surface area contributed by atoms with Crippen LogP contribution in [-0.4, -0.2) is 34.8 Å². The average Bonchev–Trinajstić information content (AvgIpc) is 2.98.